The van der Waals surface area contributed by atoms with Gasteiger partial charge in [-0.3, -0.25) is 4.79 Å². The maximum Gasteiger partial charge on any atom is 0.317 e. The number of aliphatic carboxylic acids is 1. The maximum atomic E-state index is 11.6. The first kappa shape index (κ1) is 17.5. The Labute approximate surface area is 115 Å². The lowest BCUT2D eigenvalue weighted by atomic mass is 9.94. The molecule has 0 aromatic heterocycles. The van der Waals surface area contributed by atoms with E-state index in [0.717, 1.165) is 19.3 Å². The molecule has 0 spiro atoms. The van der Waals surface area contributed by atoms with Gasteiger partial charge in [-0.1, -0.05) is 25.8 Å². The first-order valence-electron chi connectivity index (χ1n) is 6.82. The number of hydrogen-bond acceptors (Lipinski definition) is 2. The molecule has 2 amide bonds. The summed E-state index contributed by atoms with van der Waals surface area (Å²) in [4.78, 5) is 23.7. The molecule has 0 aliphatic heterocycles. The molecule has 0 rings (SSSR count). The topological polar surface area (TPSA) is 69.6 Å². The van der Waals surface area contributed by atoms with Crippen LogP contribution in [0.2, 0.25) is 0 Å². The highest BCUT2D eigenvalue weighted by Gasteiger charge is 2.11. The summed E-state index contributed by atoms with van der Waals surface area (Å²) in [7, 11) is 1.71. The minimum atomic E-state index is -0.754. The van der Waals surface area contributed by atoms with E-state index >= 15 is 0 Å². The number of urea groups is 1. The zero-order valence-corrected chi connectivity index (χ0v) is 12.0. The summed E-state index contributed by atoms with van der Waals surface area (Å²) >= 11 is 0. The number of carbonyl (C=O) groups is 2. The fraction of sp³-hybridized carbons (Fsp3) is 0.714. The fourth-order valence-electron chi connectivity index (χ4n) is 1.96. The van der Waals surface area contributed by atoms with Crippen molar-refractivity contribution in [1.82, 2.24) is 10.2 Å². The largest absolute Gasteiger partial charge is 0.481 e. The van der Waals surface area contributed by atoms with Crippen molar-refractivity contribution in [1.29, 1.82) is 0 Å². The Morgan fingerprint density at radius 1 is 1.37 bits per heavy atom. The van der Waals surface area contributed by atoms with Crippen LogP contribution in [0.15, 0.2) is 12.7 Å². The molecule has 0 radical (unpaired) electrons. The predicted molar refractivity (Wildman–Crippen MR) is 76.1 cm³/mol. The van der Waals surface area contributed by atoms with Crippen molar-refractivity contribution < 1.29 is 14.7 Å². The Kier molecular flexibility index (Phi) is 9.57. The Balaban J connectivity index is 3.93. The number of amides is 2. The van der Waals surface area contributed by atoms with Gasteiger partial charge in [0.1, 0.15) is 0 Å². The van der Waals surface area contributed by atoms with Gasteiger partial charge in [0.15, 0.2) is 0 Å². The smallest absolute Gasteiger partial charge is 0.317 e. The van der Waals surface area contributed by atoms with Crippen molar-refractivity contribution in [2.45, 2.75) is 39.0 Å². The number of carboxylic acids is 1. The van der Waals surface area contributed by atoms with Gasteiger partial charge in [0.2, 0.25) is 0 Å². The molecule has 0 saturated carbocycles. The third-order valence-corrected chi connectivity index (χ3v) is 3.04. The predicted octanol–water partition coefficient (Wildman–Crippen LogP) is 2.49. The van der Waals surface area contributed by atoms with E-state index in [9.17, 15) is 9.59 Å². The van der Waals surface area contributed by atoms with Crippen LogP contribution in [0.3, 0.4) is 0 Å². The third kappa shape index (κ3) is 9.11. The van der Waals surface area contributed by atoms with Gasteiger partial charge < -0.3 is 15.3 Å². The summed E-state index contributed by atoms with van der Waals surface area (Å²) in [5, 5.41) is 11.5. The van der Waals surface area contributed by atoms with Crippen molar-refractivity contribution in [3.05, 3.63) is 12.7 Å². The van der Waals surface area contributed by atoms with Gasteiger partial charge >= 0.3 is 12.0 Å². The van der Waals surface area contributed by atoms with Gasteiger partial charge in [0.25, 0.3) is 0 Å². The van der Waals surface area contributed by atoms with Crippen molar-refractivity contribution in [3.63, 3.8) is 0 Å². The number of carbonyl (C=O) groups excluding carboxylic acids is 1. The van der Waals surface area contributed by atoms with E-state index < -0.39 is 5.97 Å². The molecule has 0 fully saturated rings. The molecule has 5 nitrogen and oxygen atoms in total. The second-order valence-electron chi connectivity index (χ2n) is 4.78. The number of nitrogens with one attached hydrogen (secondary N) is 1. The minimum absolute atomic E-state index is 0.117. The molecule has 0 aromatic rings. The summed E-state index contributed by atoms with van der Waals surface area (Å²) < 4.78 is 0. The Morgan fingerprint density at radius 3 is 2.58 bits per heavy atom. The number of likely N-dealkylation sites (N-methyl/N-ethyl adjacent to an activating group) is 1. The van der Waals surface area contributed by atoms with E-state index in [1.807, 2.05) is 0 Å². The molecule has 19 heavy (non-hydrogen) atoms. The Bertz CT molecular complexity index is 292. The third-order valence-electron chi connectivity index (χ3n) is 3.04. The average molecular weight is 270 g/mol. The highest BCUT2D eigenvalue weighted by atomic mass is 16.4. The van der Waals surface area contributed by atoms with Gasteiger partial charge in [-0.25, -0.2) is 4.79 Å². The van der Waals surface area contributed by atoms with E-state index in [1.54, 1.807) is 18.0 Å². The Hall–Kier alpha value is -1.52. The molecular weight excluding hydrogens is 244 g/mol. The van der Waals surface area contributed by atoms with Crippen LogP contribution in [-0.2, 0) is 4.79 Å². The van der Waals surface area contributed by atoms with E-state index in [4.69, 9.17) is 5.11 Å². The molecule has 1 atom stereocenters. The highest BCUT2D eigenvalue weighted by Crippen LogP contribution is 2.17. The highest BCUT2D eigenvalue weighted by molar-refractivity contribution is 5.73. The molecule has 0 aliphatic rings. The molecular formula is C14H26N2O3. The molecule has 0 aliphatic carbocycles. The zero-order valence-electron chi connectivity index (χ0n) is 12.0. The summed E-state index contributed by atoms with van der Waals surface area (Å²) in [5.74, 6) is -0.387. The first-order chi connectivity index (χ1) is 9.01. The second kappa shape index (κ2) is 10.4. The molecule has 5 heteroatoms. The second-order valence-corrected chi connectivity index (χ2v) is 4.78. The lowest BCUT2D eigenvalue weighted by Gasteiger charge is -2.18. The van der Waals surface area contributed by atoms with Crippen molar-refractivity contribution in [3.8, 4) is 0 Å². The van der Waals surface area contributed by atoms with Crippen LogP contribution in [0, 0.1) is 5.92 Å². The summed E-state index contributed by atoms with van der Waals surface area (Å²) in [6, 6.07) is -0.117. The number of rotatable bonds is 10. The van der Waals surface area contributed by atoms with Gasteiger partial charge in [-0.05, 0) is 18.8 Å². The van der Waals surface area contributed by atoms with Crippen LogP contribution in [-0.4, -0.2) is 42.1 Å². The lowest BCUT2D eigenvalue weighted by molar-refractivity contribution is -0.137. The summed E-state index contributed by atoms with van der Waals surface area (Å²) in [6.45, 7) is 6.77. The van der Waals surface area contributed by atoms with E-state index in [2.05, 4.69) is 18.8 Å². The molecule has 0 bridgehead atoms. The zero-order chi connectivity index (χ0) is 14.7. The monoisotopic (exact) mass is 270 g/mol. The van der Waals surface area contributed by atoms with Crippen molar-refractivity contribution >= 4 is 12.0 Å². The van der Waals surface area contributed by atoms with Gasteiger partial charge in [-0.2, -0.15) is 0 Å². The summed E-state index contributed by atoms with van der Waals surface area (Å²) in [5.41, 5.74) is 0. The van der Waals surface area contributed by atoms with E-state index in [1.165, 1.54) is 0 Å². The van der Waals surface area contributed by atoms with Gasteiger partial charge in [-0.15, -0.1) is 6.58 Å². The molecule has 2 N–H and O–H groups in total. The van der Waals surface area contributed by atoms with Gasteiger partial charge in [0, 0.05) is 26.6 Å². The SMILES string of the molecule is C=CCN(C)C(=O)NCCC(CCC)CCC(=O)O. The average Bonchev–Trinajstić information content (AvgIpc) is 2.35. The normalized spacial score (nSPS) is 11.7. The summed E-state index contributed by atoms with van der Waals surface area (Å²) in [6.07, 6.45) is 5.43. The van der Waals surface area contributed by atoms with Gasteiger partial charge in [0.05, 0.1) is 0 Å². The van der Waals surface area contributed by atoms with Crippen LogP contribution >= 0.6 is 0 Å². The number of nitrogens with zero attached hydrogens (tertiary/aromatic N) is 1. The van der Waals surface area contributed by atoms with Crippen molar-refractivity contribution in [2.24, 2.45) is 5.92 Å². The van der Waals surface area contributed by atoms with E-state index in [-0.39, 0.29) is 12.5 Å². The minimum Gasteiger partial charge on any atom is -0.481 e. The van der Waals surface area contributed by atoms with Crippen LogP contribution in [0.25, 0.3) is 0 Å². The molecule has 110 valence electrons. The Morgan fingerprint density at radius 2 is 2.05 bits per heavy atom. The maximum absolute atomic E-state index is 11.6. The number of hydrogen-bond donors (Lipinski definition) is 2. The van der Waals surface area contributed by atoms with Crippen LogP contribution in [0.5, 0.6) is 0 Å². The number of carboxylic acid groups (broad SMARTS) is 1. The van der Waals surface area contributed by atoms with Crippen molar-refractivity contribution in [2.75, 3.05) is 20.1 Å². The van der Waals surface area contributed by atoms with E-state index in [0.29, 0.717) is 25.4 Å². The molecule has 0 aromatic carbocycles. The van der Waals surface area contributed by atoms with Crippen LogP contribution < -0.4 is 5.32 Å². The lowest BCUT2D eigenvalue weighted by Crippen LogP contribution is -2.38. The van der Waals surface area contributed by atoms with Crippen LogP contribution in [0.4, 0.5) is 4.79 Å². The quantitative estimate of drug-likeness (QED) is 0.599. The standard InChI is InChI=1S/C14H26N2O3/c1-4-6-12(7-8-13(17)18)9-10-15-14(19)16(3)11-5-2/h5,12H,2,4,6-11H2,1,3H3,(H,15,19)(H,17,18). The molecule has 0 heterocycles. The molecule has 0 saturated heterocycles. The molecule has 1 unspecified atom stereocenters. The van der Waals surface area contributed by atoms with Crippen LogP contribution in [0.1, 0.15) is 39.0 Å². The first-order valence-corrected chi connectivity index (χ1v) is 6.82. The fourth-order valence-corrected chi connectivity index (χ4v) is 1.96.